The molecule has 25 heavy (non-hydrogen) atoms. The van der Waals surface area contributed by atoms with Crippen molar-refractivity contribution >= 4 is 11.6 Å². The first-order chi connectivity index (χ1) is 12.0. The van der Waals surface area contributed by atoms with Gasteiger partial charge in [-0.3, -0.25) is 4.79 Å². The second kappa shape index (κ2) is 6.93. The molecule has 4 nitrogen and oxygen atoms in total. The Morgan fingerprint density at radius 2 is 2.00 bits per heavy atom. The van der Waals surface area contributed by atoms with Gasteiger partial charge in [0.15, 0.2) is 0 Å². The van der Waals surface area contributed by atoms with Crippen LogP contribution in [0.15, 0.2) is 49.2 Å². The number of aromatic nitrogens is 2. The Morgan fingerprint density at radius 3 is 2.72 bits per heavy atom. The zero-order chi connectivity index (χ0) is 18.0. The van der Waals surface area contributed by atoms with Crippen LogP contribution in [0.2, 0.25) is 0 Å². The van der Waals surface area contributed by atoms with Crippen LogP contribution in [0.1, 0.15) is 22.4 Å². The third-order valence-electron chi connectivity index (χ3n) is 4.43. The molecule has 0 aliphatic carbocycles. The molecule has 1 amide bonds. The molecule has 0 saturated heterocycles. The average Bonchev–Trinajstić information content (AvgIpc) is 2.93. The lowest BCUT2D eigenvalue weighted by Gasteiger charge is -2.08. The highest BCUT2D eigenvalue weighted by atomic mass is 16.1. The van der Waals surface area contributed by atoms with E-state index in [1.165, 1.54) is 11.1 Å². The van der Waals surface area contributed by atoms with Gasteiger partial charge in [0.1, 0.15) is 5.65 Å². The minimum absolute atomic E-state index is 0.0349. The van der Waals surface area contributed by atoms with E-state index in [-0.39, 0.29) is 12.3 Å². The van der Waals surface area contributed by atoms with Gasteiger partial charge in [-0.1, -0.05) is 18.2 Å². The first-order valence-corrected chi connectivity index (χ1v) is 8.42. The molecule has 3 aromatic rings. The fourth-order valence-electron chi connectivity index (χ4n) is 2.89. The number of benzene rings is 1. The van der Waals surface area contributed by atoms with Gasteiger partial charge in [0.05, 0.1) is 17.8 Å². The van der Waals surface area contributed by atoms with Gasteiger partial charge >= 0.3 is 0 Å². The van der Waals surface area contributed by atoms with Gasteiger partial charge in [-0.2, -0.15) is 0 Å². The molecule has 3 rings (SSSR count). The summed E-state index contributed by atoms with van der Waals surface area (Å²) in [7, 11) is 0. The van der Waals surface area contributed by atoms with Gasteiger partial charge in [-0.25, -0.2) is 4.98 Å². The van der Waals surface area contributed by atoms with Gasteiger partial charge in [-0.05, 0) is 55.7 Å². The van der Waals surface area contributed by atoms with E-state index in [4.69, 9.17) is 4.98 Å². The maximum Gasteiger partial charge on any atom is 0.226 e. The predicted octanol–water partition coefficient (Wildman–Crippen LogP) is 3.77. The van der Waals surface area contributed by atoms with Crippen LogP contribution in [0.5, 0.6) is 0 Å². The molecule has 0 spiro atoms. The Morgan fingerprint density at radius 1 is 1.20 bits per heavy atom. The van der Waals surface area contributed by atoms with Crippen LogP contribution >= 0.6 is 0 Å². The number of imidazole rings is 1. The fraction of sp³-hybridized carbons (Fsp3) is 0.238. The highest BCUT2D eigenvalue weighted by Crippen LogP contribution is 2.27. The Kier molecular flexibility index (Phi) is 4.70. The molecule has 2 aromatic heterocycles. The van der Waals surface area contributed by atoms with Crippen LogP contribution in [-0.4, -0.2) is 21.8 Å². The normalized spacial score (nSPS) is 10.8. The lowest BCUT2D eigenvalue weighted by Crippen LogP contribution is -2.25. The highest BCUT2D eigenvalue weighted by Gasteiger charge is 2.17. The maximum absolute atomic E-state index is 12.3. The van der Waals surface area contributed by atoms with E-state index in [0.717, 1.165) is 28.2 Å². The zero-order valence-corrected chi connectivity index (χ0v) is 15.0. The van der Waals surface area contributed by atoms with Crippen molar-refractivity contribution in [1.82, 2.24) is 14.7 Å². The maximum atomic E-state index is 12.3. The van der Waals surface area contributed by atoms with Crippen molar-refractivity contribution in [2.24, 2.45) is 0 Å². The van der Waals surface area contributed by atoms with E-state index < -0.39 is 0 Å². The highest BCUT2D eigenvalue weighted by molar-refractivity contribution is 5.81. The molecule has 0 bridgehead atoms. The molecule has 1 N–H and O–H groups in total. The number of nitrogens with zero attached hydrogens (tertiary/aromatic N) is 2. The van der Waals surface area contributed by atoms with E-state index >= 15 is 0 Å². The smallest absolute Gasteiger partial charge is 0.226 e. The first kappa shape index (κ1) is 17.0. The first-order valence-electron chi connectivity index (χ1n) is 8.42. The minimum atomic E-state index is -0.0349. The number of carbonyl (C=O) groups is 1. The standard InChI is InChI=1S/C21H23N3O/c1-5-9-22-20(25)13-18-21(17-7-6-15(3)16(4)12-17)23-19-11-14(2)8-10-24(18)19/h5-8,10-12H,1,9,13H2,2-4H3,(H,22,25). The van der Waals surface area contributed by atoms with Crippen molar-refractivity contribution in [3.63, 3.8) is 0 Å². The number of hydrogen-bond donors (Lipinski definition) is 1. The van der Waals surface area contributed by atoms with Crippen LogP contribution in [0.4, 0.5) is 0 Å². The lowest BCUT2D eigenvalue weighted by atomic mass is 10.0. The molecule has 0 aliphatic rings. The quantitative estimate of drug-likeness (QED) is 0.723. The number of nitrogens with one attached hydrogen (secondary N) is 1. The van der Waals surface area contributed by atoms with E-state index in [1.54, 1.807) is 6.08 Å². The Bertz CT molecular complexity index is 953. The van der Waals surface area contributed by atoms with E-state index in [1.807, 2.05) is 29.7 Å². The summed E-state index contributed by atoms with van der Waals surface area (Å²) in [5.74, 6) is -0.0349. The van der Waals surface area contributed by atoms with Crippen molar-refractivity contribution in [2.75, 3.05) is 6.54 Å². The van der Waals surface area contributed by atoms with Crippen LogP contribution in [0, 0.1) is 20.8 Å². The van der Waals surface area contributed by atoms with Crippen LogP contribution in [0.3, 0.4) is 0 Å². The van der Waals surface area contributed by atoms with Gasteiger partial charge in [0.25, 0.3) is 0 Å². The summed E-state index contributed by atoms with van der Waals surface area (Å²) >= 11 is 0. The van der Waals surface area contributed by atoms with Crippen molar-refractivity contribution in [2.45, 2.75) is 27.2 Å². The molecule has 1 aromatic carbocycles. The molecule has 2 heterocycles. The van der Waals surface area contributed by atoms with Crippen molar-refractivity contribution < 1.29 is 4.79 Å². The molecule has 128 valence electrons. The molecule has 0 atom stereocenters. The Balaban J connectivity index is 2.12. The monoisotopic (exact) mass is 333 g/mol. The van der Waals surface area contributed by atoms with E-state index in [0.29, 0.717) is 6.54 Å². The molecule has 0 unspecified atom stereocenters. The molecule has 0 fully saturated rings. The third-order valence-corrected chi connectivity index (χ3v) is 4.43. The molecule has 0 saturated carbocycles. The summed E-state index contributed by atoms with van der Waals surface area (Å²) in [6, 6.07) is 10.4. The van der Waals surface area contributed by atoms with Gasteiger partial charge in [-0.15, -0.1) is 6.58 Å². The summed E-state index contributed by atoms with van der Waals surface area (Å²) < 4.78 is 2.00. The molecule has 0 aliphatic heterocycles. The fourth-order valence-corrected chi connectivity index (χ4v) is 2.89. The van der Waals surface area contributed by atoms with E-state index in [2.05, 4.69) is 43.9 Å². The lowest BCUT2D eigenvalue weighted by molar-refractivity contribution is -0.120. The molecule has 4 heteroatoms. The Labute approximate surface area is 148 Å². The predicted molar refractivity (Wildman–Crippen MR) is 102 cm³/mol. The van der Waals surface area contributed by atoms with Gasteiger partial charge in [0, 0.05) is 18.3 Å². The summed E-state index contributed by atoms with van der Waals surface area (Å²) in [6.07, 6.45) is 3.94. The second-order valence-electron chi connectivity index (χ2n) is 6.41. The van der Waals surface area contributed by atoms with Crippen molar-refractivity contribution in [3.05, 3.63) is 71.6 Å². The average molecular weight is 333 g/mol. The van der Waals surface area contributed by atoms with Crippen LogP contribution in [0.25, 0.3) is 16.9 Å². The summed E-state index contributed by atoms with van der Waals surface area (Å²) in [6.45, 7) is 10.3. The van der Waals surface area contributed by atoms with Gasteiger partial charge < -0.3 is 9.72 Å². The topological polar surface area (TPSA) is 46.4 Å². The van der Waals surface area contributed by atoms with E-state index in [9.17, 15) is 4.79 Å². The summed E-state index contributed by atoms with van der Waals surface area (Å²) in [5, 5.41) is 2.85. The second-order valence-corrected chi connectivity index (χ2v) is 6.41. The number of hydrogen-bond acceptors (Lipinski definition) is 2. The largest absolute Gasteiger partial charge is 0.352 e. The van der Waals surface area contributed by atoms with Gasteiger partial charge in [0.2, 0.25) is 5.91 Å². The number of amides is 1. The Hall–Kier alpha value is -2.88. The molecule has 0 radical (unpaired) electrons. The SMILES string of the molecule is C=CCNC(=O)Cc1c(-c2ccc(C)c(C)c2)nc2cc(C)ccn12. The van der Waals surface area contributed by atoms with Crippen LogP contribution < -0.4 is 5.32 Å². The number of fused-ring (bicyclic) bond motifs is 1. The summed E-state index contributed by atoms with van der Waals surface area (Å²) in [5.41, 5.74) is 7.27. The third kappa shape index (κ3) is 3.48. The van der Waals surface area contributed by atoms with Crippen molar-refractivity contribution in [1.29, 1.82) is 0 Å². The molecular weight excluding hydrogens is 310 g/mol. The number of aryl methyl sites for hydroxylation is 3. The minimum Gasteiger partial charge on any atom is -0.352 e. The van der Waals surface area contributed by atoms with Crippen LogP contribution in [-0.2, 0) is 11.2 Å². The van der Waals surface area contributed by atoms with Crippen molar-refractivity contribution in [3.8, 4) is 11.3 Å². The number of pyridine rings is 1. The number of rotatable bonds is 5. The summed E-state index contributed by atoms with van der Waals surface area (Å²) in [4.78, 5) is 17.1. The zero-order valence-electron chi connectivity index (χ0n) is 15.0. The molecular formula is C21H23N3O. The number of carbonyl (C=O) groups excluding carboxylic acids is 1.